The molecule has 1 saturated heterocycles. The highest BCUT2D eigenvalue weighted by molar-refractivity contribution is 5.88. The van der Waals surface area contributed by atoms with Crippen molar-refractivity contribution in [2.75, 3.05) is 19.6 Å². The van der Waals surface area contributed by atoms with Gasteiger partial charge in [0.15, 0.2) is 0 Å². The fourth-order valence-electron chi connectivity index (χ4n) is 2.84. The molecule has 1 unspecified atom stereocenters. The Morgan fingerprint density at radius 1 is 1.32 bits per heavy atom. The number of amides is 2. The van der Waals surface area contributed by atoms with Crippen molar-refractivity contribution in [3.05, 3.63) is 30.1 Å². The highest BCUT2D eigenvalue weighted by Crippen LogP contribution is 2.15. The van der Waals surface area contributed by atoms with Crippen molar-refractivity contribution in [3.63, 3.8) is 0 Å². The second-order valence-corrected chi connectivity index (χ2v) is 6.30. The van der Waals surface area contributed by atoms with Crippen LogP contribution in [-0.4, -0.2) is 52.3 Å². The lowest BCUT2D eigenvalue weighted by Crippen LogP contribution is -2.58. The normalized spacial score (nSPS) is 18.9. The maximum atomic E-state index is 12.4. The van der Waals surface area contributed by atoms with E-state index in [0.717, 1.165) is 12.1 Å². The van der Waals surface area contributed by atoms with Crippen LogP contribution in [0, 0.1) is 5.92 Å². The first-order valence-corrected chi connectivity index (χ1v) is 7.96. The SMILES string of the molecule is CC(C)CN1CCN(C(=O)CCc2ccncc2)C(C)C1=O. The molecule has 0 N–H and O–H groups in total. The average molecular weight is 303 g/mol. The van der Waals surface area contributed by atoms with Gasteiger partial charge in [0, 0.05) is 38.4 Å². The molecule has 1 aliphatic heterocycles. The molecule has 2 rings (SSSR count). The zero-order valence-corrected chi connectivity index (χ0v) is 13.7. The third-order valence-electron chi connectivity index (χ3n) is 4.03. The van der Waals surface area contributed by atoms with Crippen LogP contribution in [0.5, 0.6) is 0 Å². The van der Waals surface area contributed by atoms with Gasteiger partial charge in [0.2, 0.25) is 11.8 Å². The first-order valence-electron chi connectivity index (χ1n) is 7.96. The Morgan fingerprint density at radius 3 is 2.64 bits per heavy atom. The monoisotopic (exact) mass is 303 g/mol. The number of piperazine rings is 1. The van der Waals surface area contributed by atoms with Crippen LogP contribution in [0.3, 0.4) is 0 Å². The summed E-state index contributed by atoms with van der Waals surface area (Å²) in [5.74, 6) is 0.573. The number of hydrogen-bond donors (Lipinski definition) is 0. The molecule has 5 heteroatoms. The van der Waals surface area contributed by atoms with Crippen molar-refractivity contribution >= 4 is 11.8 Å². The van der Waals surface area contributed by atoms with Crippen molar-refractivity contribution in [3.8, 4) is 0 Å². The van der Waals surface area contributed by atoms with Gasteiger partial charge in [-0.25, -0.2) is 0 Å². The molecule has 0 radical (unpaired) electrons. The van der Waals surface area contributed by atoms with E-state index in [-0.39, 0.29) is 17.9 Å². The van der Waals surface area contributed by atoms with Crippen molar-refractivity contribution in [2.45, 2.75) is 39.7 Å². The number of aryl methyl sites for hydroxylation is 1. The molecule has 2 amide bonds. The predicted molar refractivity (Wildman–Crippen MR) is 85.2 cm³/mol. The van der Waals surface area contributed by atoms with E-state index >= 15 is 0 Å². The van der Waals surface area contributed by atoms with Crippen LogP contribution in [0.15, 0.2) is 24.5 Å². The van der Waals surface area contributed by atoms with Crippen molar-refractivity contribution in [1.29, 1.82) is 0 Å². The molecule has 0 saturated carbocycles. The van der Waals surface area contributed by atoms with E-state index in [0.29, 0.717) is 31.8 Å². The highest BCUT2D eigenvalue weighted by Gasteiger charge is 2.33. The summed E-state index contributed by atoms with van der Waals surface area (Å²) in [7, 11) is 0. The Balaban J connectivity index is 1.90. The third-order valence-corrected chi connectivity index (χ3v) is 4.03. The minimum absolute atomic E-state index is 0.0573. The molecule has 2 heterocycles. The quantitative estimate of drug-likeness (QED) is 0.832. The Kier molecular flexibility index (Phi) is 5.52. The van der Waals surface area contributed by atoms with Crippen LogP contribution in [0.25, 0.3) is 0 Å². The van der Waals surface area contributed by atoms with E-state index in [1.54, 1.807) is 17.3 Å². The maximum Gasteiger partial charge on any atom is 0.245 e. The van der Waals surface area contributed by atoms with Crippen molar-refractivity contribution in [2.24, 2.45) is 5.92 Å². The molecule has 22 heavy (non-hydrogen) atoms. The average Bonchev–Trinajstić information content (AvgIpc) is 2.50. The molecule has 0 bridgehead atoms. The molecule has 1 fully saturated rings. The molecule has 5 nitrogen and oxygen atoms in total. The van der Waals surface area contributed by atoms with Gasteiger partial charge in [0.1, 0.15) is 6.04 Å². The van der Waals surface area contributed by atoms with E-state index in [2.05, 4.69) is 18.8 Å². The molecule has 120 valence electrons. The van der Waals surface area contributed by atoms with Crippen LogP contribution in [0.4, 0.5) is 0 Å². The molecule has 0 spiro atoms. The summed E-state index contributed by atoms with van der Waals surface area (Å²) in [4.78, 5) is 32.3. The van der Waals surface area contributed by atoms with Gasteiger partial charge in [0.25, 0.3) is 0 Å². The van der Waals surface area contributed by atoms with Gasteiger partial charge in [-0.05, 0) is 37.0 Å². The summed E-state index contributed by atoms with van der Waals surface area (Å²) >= 11 is 0. The first kappa shape index (κ1) is 16.5. The van der Waals surface area contributed by atoms with E-state index in [9.17, 15) is 9.59 Å². The van der Waals surface area contributed by atoms with Crippen LogP contribution >= 0.6 is 0 Å². The van der Waals surface area contributed by atoms with Gasteiger partial charge in [-0.15, -0.1) is 0 Å². The number of hydrogen-bond acceptors (Lipinski definition) is 3. The Hall–Kier alpha value is -1.91. The van der Waals surface area contributed by atoms with Crippen LogP contribution in [0.1, 0.15) is 32.8 Å². The topological polar surface area (TPSA) is 53.5 Å². The second-order valence-electron chi connectivity index (χ2n) is 6.30. The number of aromatic nitrogens is 1. The fraction of sp³-hybridized carbons (Fsp3) is 0.588. The fourth-order valence-corrected chi connectivity index (χ4v) is 2.84. The summed E-state index contributed by atoms with van der Waals surface area (Å²) in [6.07, 6.45) is 4.59. The molecule has 1 atom stereocenters. The minimum Gasteiger partial charge on any atom is -0.339 e. The van der Waals surface area contributed by atoms with Gasteiger partial charge in [-0.1, -0.05) is 13.8 Å². The molecule has 1 aromatic rings. The predicted octanol–water partition coefficient (Wildman–Crippen LogP) is 1.73. The standard InChI is InChI=1S/C17H25N3O2/c1-13(2)12-19-10-11-20(14(3)17(19)22)16(21)5-4-15-6-8-18-9-7-15/h6-9,13-14H,4-5,10-12H2,1-3H3. The lowest BCUT2D eigenvalue weighted by atomic mass is 10.1. The zero-order chi connectivity index (χ0) is 16.1. The lowest BCUT2D eigenvalue weighted by molar-refractivity contribution is -0.151. The van der Waals surface area contributed by atoms with E-state index in [1.165, 1.54) is 0 Å². The minimum atomic E-state index is -0.350. The molecule has 0 aliphatic carbocycles. The van der Waals surface area contributed by atoms with Gasteiger partial charge in [0.05, 0.1) is 0 Å². The first-order chi connectivity index (χ1) is 10.5. The molecule has 0 aromatic carbocycles. The van der Waals surface area contributed by atoms with Gasteiger partial charge in [-0.3, -0.25) is 14.6 Å². The lowest BCUT2D eigenvalue weighted by Gasteiger charge is -2.39. The Morgan fingerprint density at radius 2 is 2.00 bits per heavy atom. The summed E-state index contributed by atoms with van der Waals surface area (Å²) in [6.45, 7) is 8.08. The van der Waals surface area contributed by atoms with Gasteiger partial charge in [-0.2, -0.15) is 0 Å². The van der Waals surface area contributed by atoms with Crippen LogP contribution < -0.4 is 0 Å². The number of carbonyl (C=O) groups is 2. The van der Waals surface area contributed by atoms with Crippen LogP contribution in [-0.2, 0) is 16.0 Å². The molecule has 1 aliphatic rings. The highest BCUT2D eigenvalue weighted by atomic mass is 16.2. The molecular weight excluding hydrogens is 278 g/mol. The van der Waals surface area contributed by atoms with E-state index in [4.69, 9.17) is 0 Å². The third kappa shape index (κ3) is 4.06. The van der Waals surface area contributed by atoms with E-state index in [1.807, 2.05) is 24.0 Å². The Bertz CT molecular complexity index is 516. The summed E-state index contributed by atoms with van der Waals surface area (Å²) in [5.41, 5.74) is 1.10. The summed E-state index contributed by atoms with van der Waals surface area (Å²) in [5, 5.41) is 0. The smallest absolute Gasteiger partial charge is 0.245 e. The maximum absolute atomic E-state index is 12.4. The van der Waals surface area contributed by atoms with Gasteiger partial charge >= 0.3 is 0 Å². The largest absolute Gasteiger partial charge is 0.339 e. The second kappa shape index (κ2) is 7.38. The number of pyridine rings is 1. The number of nitrogens with zero attached hydrogens (tertiary/aromatic N) is 3. The number of carbonyl (C=O) groups excluding carboxylic acids is 2. The summed E-state index contributed by atoms with van der Waals surface area (Å²) in [6, 6.07) is 3.49. The molecular formula is C17H25N3O2. The summed E-state index contributed by atoms with van der Waals surface area (Å²) < 4.78 is 0. The van der Waals surface area contributed by atoms with Gasteiger partial charge < -0.3 is 9.80 Å². The van der Waals surface area contributed by atoms with E-state index < -0.39 is 0 Å². The van der Waals surface area contributed by atoms with Crippen molar-refractivity contribution in [1.82, 2.24) is 14.8 Å². The number of rotatable bonds is 5. The van der Waals surface area contributed by atoms with Crippen molar-refractivity contribution < 1.29 is 9.59 Å². The molecule has 1 aromatic heterocycles. The van der Waals surface area contributed by atoms with Crippen LogP contribution in [0.2, 0.25) is 0 Å². The zero-order valence-electron chi connectivity index (χ0n) is 13.7. The Labute approximate surface area is 132 Å².